The van der Waals surface area contributed by atoms with Crippen LogP contribution in [0.3, 0.4) is 0 Å². The van der Waals surface area contributed by atoms with Crippen molar-refractivity contribution >= 4 is 21.6 Å². The molecule has 0 aliphatic carbocycles. The molecule has 0 aliphatic rings. The van der Waals surface area contributed by atoms with Gasteiger partial charge < -0.3 is 0 Å². The average molecular weight is 326 g/mol. The van der Waals surface area contributed by atoms with Gasteiger partial charge in [0.1, 0.15) is 11.6 Å². The second-order valence-electron chi connectivity index (χ2n) is 4.96. The molecule has 7 heteroatoms. The summed E-state index contributed by atoms with van der Waals surface area (Å²) in [6, 6.07) is 2.96. The Morgan fingerprint density at radius 2 is 1.80 bits per heavy atom. The zero-order chi connectivity index (χ0) is 15.3. The molecule has 0 heterocycles. The van der Waals surface area contributed by atoms with Gasteiger partial charge in [-0.2, -0.15) is 0 Å². The van der Waals surface area contributed by atoms with Crippen molar-refractivity contribution in [2.24, 2.45) is 5.92 Å². The van der Waals surface area contributed by atoms with Crippen molar-refractivity contribution in [1.29, 1.82) is 0 Å². The first kappa shape index (κ1) is 17.3. The number of hydrogen-bond acceptors (Lipinski definition) is 2. The fraction of sp³-hybridized carbons (Fsp3) is 0.538. The van der Waals surface area contributed by atoms with E-state index in [1.807, 2.05) is 0 Å². The molecule has 0 aliphatic heterocycles. The largest absolute Gasteiger partial charge is 0.212 e. The smallest absolute Gasteiger partial charge is 0.212 e. The molecule has 2 atom stereocenters. The maximum atomic E-state index is 13.5. The molecule has 0 bridgehead atoms. The van der Waals surface area contributed by atoms with Gasteiger partial charge in [0.15, 0.2) is 0 Å². The molecule has 1 aromatic carbocycles. The topological polar surface area (TPSA) is 46.2 Å². The molecule has 0 radical (unpaired) electrons. The summed E-state index contributed by atoms with van der Waals surface area (Å²) in [5, 5.41) is 0. The van der Waals surface area contributed by atoms with Crippen LogP contribution in [0, 0.1) is 17.6 Å². The summed E-state index contributed by atoms with van der Waals surface area (Å²) < 4.78 is 53.0. The van der Waals surface area contributed by atoms with E-state index in [2.05, 4.69) is 4.72 Å². The van der Waals surface area contributed by atoms with Crippen molar-refractivity contribution < 1.29 is 17.2 Å². The van der Waals surface area contributed by atoms with E-state index < -0.39 is 27.7 Å². The Bertz CT molecular complexity index is 531. The minimum absolute atomic E-state index is 0.0486. The maximum absolute atomic E-state index is 13.5. The molecule has 0 amide bonds. The molecule has 1 N–H and O–H groups in total. The second kappa shape index (κ2) is 7.33. The van der Waals surface area contributed by atoms with Gasteiger partial charge >= 0.3 is 0 Å². The molecule has 1 aromatic rings. The fourth-order valence-corrected chi connectivity index (χ4v) is 3.75. The molecular weight excluding hydrogens is 308 g/mol. The highest BCUT2D eigenvalue weighted by Gasteiger charge is 2.20. The zero-order valence-corrected chi connectivity index (χ0v) is 12.9. The number of benzene rings is 1. The van der Waals surface area contributed by atoms with Gasteiger partial charge in [0.05, 0.1) is 5.75 Å². The summed E-state index contributed by atoms with van der Waals surface area (Å²) in [6.07, 6.45) is -0.0486. The van der Waals surface area contributed by atoms with E-state index in [0.29, 0.717) is 0 Å². The number of halogens is 3. The quantitative estimate of drug-likeness (QED) is 0.783. The van der Waals surface area contributed by atoms with Gasteiger partial charge in [0.2, 0.25) is 10.0 Å². The van der Waals surface area contributed by atoms with Crippen molar-refractivity contribution in [1.82, 2.24) is 4.72 Å². The summed E-state index contributed by atoms with van der Waals surface area (Å²) in [6.45, 7) is 3.28. The molecular formula is C13H18ClF2NO2S. The van der Waals surface area contributed by atoms with Gasteiger partial charge in [-0.05, 0) is 31.4 Å². The van der Waals surface area contributed by atoms with Gasteiger partial charge in [-0.3, -0.25) is 0 Å². The van der Waals surface area contributed by atoms with E-state index in [1.165, 1.54) is 6.07 Å². The van der Waals surface area contributed by atoms with Crippen LogP contribution in [-0.4, -0.2) is 26.1 Å². The van der Waals surface area contributed by atoms with Crippen molar-refractivity contribution in [2.45, 2.75) is 26.3 Å². The molecule has 1 rings (SSSR count). The number of rotatable bonds is 7. The summed E-state index contributed by atoms with van der Waals surface area (Å²) in [4.78, 5) is 0. The normalized spacial score (nSPS) is 15.1. The van der Waals surface area contributed by atoms with Crippen LogP contribution < -0.4 is 4.72 Å². The zero-order valence-electron chi connectivity index (χ0n) is 11.4. The first-order chi connectivity index (χ1) is 9.25. The van der Waals surface area contributed by atoms with E-state index in [0.717, 1.165) is 12.1 Å². The number of alkyl halides is 1. The lowest BCUT2D eigenvalue weighted by Crippen LogP contribution is -2.37. The average Bonchev–Trinajstić information content (AvgIpc) is 2.32. The molecule has 0 saturated heterocycles. The summed E-state index contributed by atoms with van der Waals surface area (Å²) >= 11 is 5.57. The first-order valence-electron chi connectivity index (χ1n) is 6.24. The standard InChI is InChI=1S/C13H18ClF2NO2S/c1-9(7-14)8-20(18,19)17-10(2)6-11-12(15)4-3-5-13(11)16/h3-5,9-10,17H,6-8H2,1-2H3. The summed E-state index contributed by atoms with van der Waals surface area (Å²) in [5.74, 6) is -1.42. The first-order valence-corrected chi connectivity index (χ1v) is 8.42. The van der Waals surface area contributed by atoms with Gasteiger partial charge in [0.25, 0.3) is 0 Å². The Morgan fingerprint density at radius 1 is 1.25 bits per heavy atom. The minimum Gasteiger partial charge on any atom is -0.212 e. The van der Waals surface area contributed by atoms with E-state index in [9.17, 15) is 17.2 Å². The highest BCUT2D eigenvalue weighted by Crippen LogP contribution is 2.14. The van der Waals surface area contributed by atoms with Crippen LogP contribution in [-0.2, 0) is 16.4 Å². The van der Waals surface area contributed by atoms with Crippen LogP contribution in [0.25, 0.3) is 0 Å². The molecule has 114 valence electrons. The third-order valence-electron chi connectivity index (χ3n) is 2.72. The van der Waals surface area contributed by atoms with Crippen molar-refractivity contribution in [3.8, 4) is 0 Å². The van der Waals surface area contributed by atoms with Crippen LogP contribution >= 0.6 is 11.6 Å². The van der Waals surface area contributed by atoms with Crippen molar-refractivity contribution in [3.05, 3.63) is 35.4 Å². The SMILES string of the molecule is CC(CCl)CS(=O)(=O)NC(C)Cc1c(F)cccc1F. The van der Waals surface area contributed by atoms with Crippen LogP contribution in [0.15, 0.2) is 18.2 Å². The second-order valence-corrected chi connectivity index (χ2v) is 7.07. The maximum Gasteiger partial charge on any atom is 0.212 e. The fourth-order valence-electron chi connectivity index (χ4n) is 1.85. The third kappa shape index (κ3) is 5.34. The monoisotopic (exact) mass is 325 g/mol. The highest BCUT2D eigenvalue weighted by molar-refractivity contribution is 7.89. The Hall–Kier alpha value is -0.720. The lowest BCUT2D eigenvalue weighted by Gasteiger charge is -2.16. The molecule has 0 saturated carbocycles. The molecule has 3 nitrogen and oxygen atoms in total. The molecule has 20 heavy (non-hydrogen) atoms. The summed E-state index contributed by atoms with van der Waals surface area (Å²) in [7, 11) is -3.52. The van der Waals surface area contributed by atoms with Gasteiger partial charge in [0, 0.05) is 17.5 Å². The van der Waals surface area contributed by atoms with E-state index >= 15 is 0 Å². The Kier molecular flexibility index (Phi) is 6.36. The van der Waals surface area contributed by atoms with E-state index in [-0.39, 0.29) is 29.5 Å². The number of hydrogen-bond donors (Lipinski definition) is 1. The van der Waals surface area contributed by atoms with Gasteiger partial charge in [-0.1, -0.05) is 13.0 Å². The molecule has 0 spiro atoms. The van der Waals surface area contributed by atoms with Crippen LogP contribution in [0.2, 0.25) is 0 Å². The highest BCUT2D eigenvalue weighted by atomic mass is 35.5. The van der Waals surface area contributed by atoms with E-state index in [4.69, 9.17) is 11.6 Å². The lowest BCUT2D eigenvalue weighted by molar-refractivity contribution is 0.519. The molecule has 0 fully saturated rings. The van der Waals surface area contributed by atoms with Crippen LogP contribution in [0.5, 0.6) is 0 Å². The predicted octanol–water partition coefficient (Wildman–Crippen LogP) is 2.69. The van der Waals surface area contributed by atoms with Gasteiger partial charge in [-0.15, -0.1) is 11.6 Å². The van der Waals surface area contributed by atoms with Crippen LogP contribution in [0.4, 0.5) is 8.78 Å². The molecule has 0 aromatic heterocycles. The third-order valence-corrected chi connectivity index (χ3v) is 5.02. The Balaban J connectivity index is 2.71. The summed E-state index contributed by atoms with van der Waals surface area (Å²) in [5.41, 5.74) is -0.118. The Labute approximate surface area is 123 Å². The van der Waals surface area contributed by atoms with Crippen molar-refractivity contribution in [3.63, 3.8) is 0 Å². The molecule has 2 unspecified atom stereocenters. The minimum atomic E-state index is -3.52. The van der Waals surface area contributed by atoms with E-state index in [1.54, 1.807) is 13.8 Å². The number of nitrogens with one attached hydrogen (secondary N) is 1. The predicted molar refractivity (Wildman–Crippen MR) is 76.3 cm³/mol. The van der Waals surface area contributed by atoms with Crippen LogP contribution in [0.1, 0.15) is 19.4 Å². The van der Waals surface area contributed by atoms with Gasteiger partial charge in [-0.25, -0.2) is 21.9 Å². The Morgan fingerprint density at radius 3 is 2.30 bits per heavy atom. The number of sulfonamides is 1. The lowest BCUT2D eigenvalue weighted by atomic mass is 10.1. The van der Waals surface area contributed by atoms with Crippen molar-refractivity contribution in [2.75, 3.05) is 11.6 Å².